The summed E-state index contributed by atoms with van der Waals surface area (Å²) in [5.74, 6) is 2.04. The molecule has 1 amide bonds. The summed E-state index contributed by atoms with van der Waals surface area (Å²) >= 11 is 0. The molecule has 6 aromatic rings. The normalized spacial score (nSPS) is 15.7. The van der Waals surface area contributed by atoms with Crippen molar-refractivity contribution in [3.63, 3.8) is 0 Å². The van der Waals surface area contributed by atoms with Gasteiger partial charge in [0.15, 0.2) is 0 Å². The van der Waals surface area contributed by atoms with E-state index in [1.165, 1.54) is 38.6 Å². The van der Waals surface area contributed by atoms with Crippen LogP contribution in [0, 0.1) is 0 Å². The maximum atomic E-state index is 13.1. The zero-order valence-electron chi connectivity index (χ0n) is 28.7. The van der Waals surface area contributed by atoms with E-state index in [4.69, 9.17) is 9.97 Å². The number of likely N-dealkylation sites (N-methyl/N-ethyl adjacent to an activating group) is 2. The molecule has 0 fully saturated rings. The average Bonchev–Trinajstić information content (AvgIpc) is 3.53. The van der Waals surface area contributed by atoms with E-state index in [2.05, 4.69) is 101 Å². The highest BCUT2D eigenvalue weighted by molar-refractivity contribution is 5.97. The van der Waals surface area contributed by atoms with Gasteiger partial charge >= 0.3 is 0 Å². The molecule has 2 aromatic heterocycles. The molecule has 49 heavy (non-hydrogen) atoms. The molecule has 0 radical (unpaired) electrons. The van der Waals surface area contributed by atoms with Crippen LogP contribution in [0.1, 0.15) is 51.6 Å². The topological polar surface area (TPSA) is 68.4 Å². The monoisotopic (exact) mass is 646 g/mol. The quantitative estimate of drug-likeness (QED) is 0.182. The summed E-state index contributed by atoms with van der Waals surface area (Å²) in [6.45, 7) is 2.04. The molecule has 7 nitrogen and oxygen atoms in total. The third kappa shape index (κ3) is 5.89. The highest BCUT2D eigenvalue weighted by Gasteiger charge is 2.27. The van der Waals surface area contributed by atoms with Crippen molar-refractivity contribution in [3.05, 3.63) is 131 Å². The Morgan fingerprint density at radius 2 is 1.65 bits per heavy atom. The molecule has 0 saturated heterocycles. The first-order chi connectivity index (χ1) is 23.8. The van der Waals surface area contributed by atoms with Crippen LogP contribution in [0.5, 0.6) is 0 Å². The number of pyridine rings is 1. The van der Waals surface area contributed by atoms with E-state index >= 15 is 0 Å². The Morgan fingerprint density at radius 3 is 2.51 bits per heavy atom. The maximum absolute atomic E-state index is 13.1. The summed E-state index contributed by atoms with van der Waals surface area (Å²) in [6, 6.07) is 29.8. The molecule has 2 aliphatic rings. The lowest BCUT2D eigenvalue weighted by Crippen LogP contribution is -2.33. The molecule has 246 valence electrons. The van der Waals surface area contributed by atoms with Gasteiger partial charge in [-0.2, -0.15) is 0 Å². The Hall–Kier alpha value is -5.27. The van der Waals surface area contributed by atoms with Gasteiger partial charge in [-0.1, -0.05) is 72.3 Å². The summed E-state index contributed by atoms with van der Waals surface area (Å²) in [4.78, 5) is 32.8. The number of hydrogen-bond acceptors (Lipinski definition) is 5. The van der Waals surface area contributed by atoms with E-state index in [1.54, 1.807) is 4.90 Å². The zero-order valence-corrected chi connectivity index (χ0v) is 28.7. The average molecular weight is 647 g/mol. The number of H-pyrrole nitrogens is 1. The Kier molecular flexibility index (Phi) is 8.00. The summed E-state index contributed by atoms with van der Waals surface area (Å²) in [5, 5.41) is 3.85. The van der Waals surface area contributed by atoms with Crippen molar-refractivity contribution in [1.29, 1.82) is 0 Å². The van der Waals surface area contributed by atoms with E-state index in [9.17, 15) is 4.79 Å². The zero-order chi connectivity index (χ0) is 33.6. The number of rotatable bonds is 8. The predicted molar refractivity (Wildman–Crippen MR) is 201 cm³/mol. The van der Waals surface area contributed by atoms with E-state index in [0.717, 1.165) is 59.4 Å². The molecule has 8 rings (SSSR count). The van der Waals surface area contributed by atoms with Crippen molar-refractivity contribution >= 4 is 50.0 Å². The number of imidazole rings is 1. The number of aromatic amines is 1. The van der Waals surface area contributed by atoms with Crippen LogP contribution in [-0.4, -0.2) is 71.9 Å². The van der Waals surface area contributed by atoms with Gasteiger partial charge in [0.05, 0.1) is 23.1 Å². The Balaban J connectivity index is 1.08. The summed E-state index contributed by atoms with van der Waals surface area (Å²) in [7, 11) is 7.98. The second kappa shape index (κ2) is 12.6. The molecule has 4 aromatic carbocycles. The fraction of sp³-hybridized carbons (Fsp3) is 0.262. The van der Waals surface area contributed by atoms with Gasteiger partial charge in [-0.3, -0.25) is 4.79 Å². The number of amides is 1. The van der Waals surface area contributed by atoms with Gasteiger partial charge in [-0.25, -0.2) is 9.97 Å². The molecule has 0 saturated carbocycles. The lowest BCUT2D eigenvalue weighted by Gasteiger charge is -2.31. The van der Waals surface area contributed by atoms with Crippen molar-refractivity contribution in [2.75, 3.05) is 46.2 Å². The molecule has 2 aliphatic carbocycles. The van der Waals surface area contributed by atoms with Crippen molar-refractivity contribution in [1.82, 2.24) is 24.8 Å². The van der Waals surface area contributed by atoms with Gasteiger partial charge in [0.1, 0.15) is 11.6 Å². The Morgan fingerprint density at radius 1 is 0.837 bits per heavy atom. The van der Waals surface area contributed by atoms with Crippen LogP contribution in [0.4, 0.5) is 5.82 Å². The number of carbonyl (C=O) groups is 1. The van der Waals surface area contributed by atoms with Crippen LogP contribution in [0.15, 0.2) is 103 Å². The van der Waals surface area contributed by atoms with Gasteiger partial charge < -0.3 is 19.7 Å². The van der Waals surface area contributed by atoms with E-state index in [0.29, 0.717) is 18.7 Å². The molecule has 1 atom stereocenters. The van der Waals surface area contributed by atoms with Gasteiger partial charge in [0.25, 0.3) is 5.91 Å². The van der Waals surface area contributed by atoms with E-state index < -0.39 is 0 Å². The number of nitrogens with zero attached hydrogens (tertiary/aromatic N) is 5. The molecular weight excluding hydrogens is 605 g/mol. The lowest BCUT2D eigenvalue weighted by atomic mass is 9.75. The summed E-state index contributed by atoms with van der Waals surface area (Å²) in [5.41, 5.74) is 10.4. The summed E-state index contributed by atoms with van der Waals surface area (Å²) in [6.07, 6.45) is 7.90. The van der Waals surface area contributed by atoms with E-state index in [-0.39, 0.29) is 11.8 Å². The second-order valence-electron chi connectivity index (χ2n) is 13.9. The fourth-order valence-electron chi connectivity index (χ4n) is 7.58. The highest BCUT2D eigenvalue weighted by Crippen LogP contribution is 2.45. The minimum Gasteiger partial charge on any atom is -0.352 e. The number of anilines is 1. The van der Waals surface area contributed by atoms with Crippen molar-refractivity contribution in [2.45, 2.75) is 31.7 Å². The standard InChI is InChI=1S/C42H42N6O/c1-46(2)21-22-47(3)42(49)31-16-20-38-39(25-31)44-40(43-38)26-48(4)41-36(24-30-10-6-8-12-37(30)45-41)29-14-17-33-28(23-29)15-19-34-32-11-7-5-9-27(32)13-18-35(33)34/h5-14,16-18,20,24-25,29H,15,19,21-23,26H2,1-4H3,(H,43,44). The number of carbonyl (C=O) groups excluding carboxylic acids is 1. The van der Waals surface area contributed by atoms with Gasteiger partial charge in [0, 0.05) is 49.6 Å². The van der Waals surface area contributed by atoms with Crippen molar-refractivity contribution in [2.24, 2.45) is 0 Å². The van der Waals surface area contributed by atoms with Crippen LogP contribution in [-0.2, 0) is 13.0 Å². The number of aryl methyl sites for hydroxylation is 1. The fourth-order valence-corrected chi connectivity index (χ4v) is 7.58. The molecular formula is C42H42N6O. The lowest BCUT2D eigenvalue weighted by molar-refractivity contribution is 0.0786. The van der Waals surface area contributed by atoms with Crippen LogP contribution in [0.3, 0.4) is 0 Å². The van der Waals surface area contributed by atoms with Crippen LogP contribution in [0.25, 0.3) is 38.3 Å². The van der Waals surface area contributed by atoms with Gasteiger partial charge in [-0.05, 0) is 91.2 Å². The molecule has 0 spiro atoms. The van der Waals surface area contributed by atoms with Crippen molar-refractivity contribution < 1.29 is 4.79 Å². The largest absolute Gasteiger partial charge is 0.352 e. The smallest absolute Gasteiger partial charge is 0.253 e. The minimum absolute atomic E-state index is 0.00374. The molecule has 1 N–H and O–H groups in total. The number of nitrogens with one attached hydrogen (secondary N) is 1. The van der Waals surface area contributed by atoms with Crippen LogP contribution >= 0.6 is 0 Å². The van der Waals surface area contributed by atoms with Crippen LogP contribution < -0.4 is 4.90 Å². The third-order valence-electron chi connectivity index (χ3n) is 10.2. The Labute approximate surface area is 287 Å². The summed E-state index contributed by atoms with van der Waals surface area (Å²) < 4.78 is 0. The first-order valence-electron chi connectivity index (χ1n) is 17.2. The first kappa shape index (κ1) is 31.0. The number of aromatic nitrogens is 3. The first-order valence-corrected chi connectivity index (χ1v) is 17.2. The highest BCUT2D eigenvalue weighted by atomic mass is 16.2. The number of hydrogen-bond donors (Lipinski definition) is 1. The molecule has 0 bridgehead atoms. The van der Waals surface area contributed by atoms with Crippen molar-refractivity contribution in [3.8, 4) is 0 Å². The Bertz CT molecular complexity index is 2300. The predicted octanol–water partition coefficient (Wildman–Crippen LogP) is 7.98. The molecule has 7 heteroatoms. The molecule has 2 heterocycles. The number of allylic oxidation sites excluding steroid dienone is 4. The number of fused-ring (bicyclic) bond motifs is 6. The molecule has 1 unspecified atom stereocenters. The van der Waals surface area contributed by atoms with Gasteiger partial charge in [-0.15, -0.1) is 0 Å². The SMILES string of the molecule is CN(C)CCN(C)C(=O)c1ccc2[nH]c(CN(C)c3nc4ccccc4cc3C3C=CC4=C(CCc5c4ccc4ccccc54)C3)nc2c1. The number of para-hydroxylation sites is 1. The van der Waals surface area contributed by atoms with Gasteiger partial charge in [0.2, 0.25) is 0 Å². The molecule has 0 aliphatic heterocycles. The number of benzene rings is 4. The van der Waals surface area contributed by atoms with Crippen LogP contribution in [0.2, 0.25) is 0 Å². The maximum Gasteiger partial charge on any atom is 0.253 e. The third-order valence-corrected chi connectivity index (χ3v) is 10.2. The second-order valence-corrected chi connectivity index (χ2v) is 13.9. The minimum atomic E-state index is 0.00374. The van der Waals surface area contributed by atoms with E-state index in [1.807, 2.05) is 39.3 Å².